The highest BCUT2D eigenvalue weighted by Gasteiger charge is 2.56. The van der Waals surface area contributed by atoms with Crippen molar-refractivity contribution in [2.24, 2.45) is 5.92 Å². The fourth-order valence-electron chi connectivity index (χ4n) is 5.83. The predicted molar refractivity (Wildman–Crippen MR) is 130 cm³/mol. The van der Waals surface area contributed by atoms with E-state index in [0.717, 1.165) is 12.1 Å². The van der Waals surface area contributed by atoms with Crippen LogP contribution < -0.4 is 10.2 Å². The Labute approximate surface area is 210 Å². The van der Waals surface area contributed by atoms with E-state index in [9.17, 15) is 19.6 Å². The Kier molecular flexibility index (Phi) is 5.88. The van der Waals surface area contributed by atoms with Gasteiger partial charge in [-0.25, -0.2) is 9.64 Å². The highest BCUT2D eigenvalue weighted by Crippen LogP contribution is 2.48. The van der Waals surface area contributed by atoms with Gasteiger partial charge in [0.1, 0.15) is 17.7 Å². The van der Waals surface area contributed by atoms with Crippen LogP contribution in [0.4, 0.5) is 16.2 Å². The Hall–Kier alpha value is -3.63. The van der Waals surface area contributed by atoms with Gasteiger partial charge in [-0.15, -0.1) is 0 Å². The molecule has 1 saturated carbocycles. The Morgan fingerprint density at radius 2 is 1.97 bits per heavy atom. The van der Waals surface area contributed by atoms with Crippen LogP contribution in [-0.2, 0) is 14.3 Å². The van der Waals surface area contributed by atoms with E-state index in [1.54, 1.807) is 54.8 Å². The number of nitrogens with zero attached hydrogens (tertiary/aromatic N) is 5. The second kappa shape index (κ2) is 8.79. The summed E-state index contributed by atoms with van der Waals surface area (Å²) in [7, 11) is 0. The number of nitrogens with one attached hydrogen (secondary N) is 1. The number of fused-ring (bicyclic) bond motifs is 3. The van der Waals surface area contributed by atoms with Gasteiger partial charge in [-0.3, -0.25) is 14.5 Å². The summed E-state index contributed by atoms with van der Waals surface area (Å²) in [6.45, 7) is 13.1. The first-order chi connectivity index (χ1) is 17.1. The number of hydrogen-bond donors (Lipinski definition) is 1. The molecule has 1 aromatic carbocycles. The zero-order chi connectivity index (χ0) is 25.8. The van der Waals surface area contributed by atoms with Crippen LogP contribution in [0, 0.1) is 23.8 Å². The average Bonchev–Trinajstić information content (AvgIpc) is 3.15. The molecule has 10 nitrogen and oxygen atoms in total. The molecule has 0 aromatic heterocycles. The van der Waals surface area contributed by atoms with E-state index in [2.05, 4.69) is 16.2 Å². The zero-order valence-corrected chi connectivity index (χ0v) is 20.7. The van der Waals surface area contributed by atoms with Crippen molar-refractivity contribution in [3.63, 3.8) is 0 Å². The summed E-state index contributed by atoms with van der Waals surface area (Å²) in [5.74, 6) is 0.00998. The highest BCUT2D eigenvalue weighted by molar-refractivity contribution is 6.01. The minimum atomic E-state index is -0.923. The van der Waals surface area contributed by atoms with Crippen molar-refractivity contribution >= 4 is 29.3 Å². The molecule has 0 spiro atoms. The molecular weight excluding hydrogens is 460 g/mol. The third-order valence-electron chi connectivity index (χ3n) is 7.44. The van der Waals surface area contributed by atoms with Gasteiger partial charge >= 0.3 is 6.09 Å². The van der Waals surface area contributed by atoms with Gasteiger partial charge in [0.15, 0.2) is 5.69 Å². The second-order valence-electron chi connectivity index (χ2n) is 11.1. The van der Waals surface area contributed by atoms with Crippen LogP contribution in [0.5, 0.6) is 0 Å². The number of hydrogen-bond acceptors (Lipinski definition) is 6. The number of piperidine rings is 1. The molecule has 188 valence electrons. The van der Waals surface area contributed by atoms with E-state index in [4.69, 9.17) is 11.3 Å². The van der Waals surface area contributed by atoms with Crippen molar-refractivity contribution in [2.75, 3.05) is 18.0 Å². The van der Waals surface area contributed by atoms with Crippen LogP contribution in [0.1, 0.15) is 40.0 Å². The van der Waals surface area contributed by atoms with Crippen LogP contribution in [-0.4, -0.2) is 76.6 Å². The van der Waals surface area contributed by atoms with E-state index >= 15 is 0 Å². The molecule has 2 bridgehead atoms. The summed E-state index contributed by atoms with van der Waals surface area (Å²) in [5.41, 5.74) is 0.545. The molecule has 0 unspecified atom stereocenters. The molecule has 4 aliphatic rings. The molecule has 1 aromatic rings. The van der Waals surface area contributed by atoms with Gasteiger partial charge in [0, 0.05) is 24.8 Å². The maximum atomic E-state index is 13.6. The Morgan fingerprint density at radius 1 is 1.25 bits per heavy atom. The van der Waals surface area contributed by atoms with Gasteiger partial charge < -0.3 is 19.9 Å². The smallest absolute Gasteiger partial charge is 0.408 e. The standard InChI is InChI=1S/C26H30N6O4/c1-26(2,3)36-25(35)29-20(23(33)32-18(12-27)9-15-10-21(15)32)14-30-13-19-11-22(30)24(34)31(19)17-7-5-16(28-4)6-8-17/h5-8,15,18-22H,9-11,13-14H2,1-3H3,(H,29,35)/t15-,18+,19+,20+,21+,22+/m1/s1. The number of likely N-dealkylation sites (tertiary alicyclic amines) is 2. The molecule has 0 radical (unpaired) electrons. The molecule has 1 aliphatic carbocycles. The van der Waals surface area contributed by atoms with E-state index in [1.807, 2.05) is 4.90 Å². The molecule has 10 heteroatoms. The minimum Gasteiger partial charge on any atom is -0.444 e. The third kappa shape index (κ3) is 4.38. The van der Waals surface area contributed by atoms with Gasteiger partial charge in [0.2, 0.25) is 11.8 Å². The van der Waals surface area contributed by atoms with Crippen molar-refractivity contribution in [1.29, 1.82) is 5.26 Å². The SMILES string of the molecule is [C-]#[N+]c1ccc(N2C(=O)[C@@H]3C[C@H]2CN3C[C@H](NC(=O)OC(C)(C)C)C(=O)N2[C@H](C#N)C[C@@H]3C[C@@H]32)cc1. The molecule has 1 N–H and O–H groups in total. The van der Waals surface area contributed by atoms with Crippen molar-refractivity contribution in [3.8, 4) is 6.07 Å². The van der Waals surface area contributed by atoms with Crippen molar-refractivity contribution in [3.05, 3.63) is 35.7 Å². The molecule has 3 heterocycles. The first kappa shape index (κ1) is 24.1. The number of benzene rings is 1. The molecule has 5 rings (SSSR count). The van der Waals surface area contributed by atoms with E-state index in [-0.39, 0.29) is 30.4 Å². The molecule has 6 atom stereocenters. The number of nitriles is 1. The molecule has 4 fully saturated rings. The molecular formula is C26H30N6O4. The van der Waals surface area contributed by atoms with E-state index in [0.29, 0.717) is 31.0 Å². The fourth-order valence-corrected chi connectivity index (χ4v) is 5.83. The minimum absolute atomic E-state index is 0.0509. The average molecular weight is 491 g/mol. The number of carbonyl (C=O) groups is 3. The molecule has 3 saturated heterocycles. The Balaban J connectivity index is 1.32. The Morgan fingerprint density at radius 3 is 2.58 bits per heavy atom. The lowest BCUT2D eigenvalue weighted by molar-refractivity contribution is -0.136. The summed E-state index contributed by atoms with van der Waals surface area (Å²) >= 11 is 0. The number of alkyl carbamates (subject to hydrolysis) is 1. The monoisotopic (exact) mass is 490 g/mol. The van der Waals surface area contributed by atoms with E-state index < -0.39 is 29.8 Å². The van der Waals surface area contributed by atoms with Gasteiger partial charge in [-0.05, 0) is 58.1 Å². The van der Waals surface area contributed by atoms with Gasteiger partial charge in [0.25, 0.3) is 0 Å². The number of ether oxygens (including phenoxy) is 1. The normalized spacial score (nSPS) is 29.4. The highest BCUT2D eigenvalue weighted by atomic mass is 16.6. The topological polar surface area (TPSA) is 110 Å². The van der Waals surface area contributed by atoms with Crippen molar-refractivity contribution < 1.29 is 19.1 Å². The van der Waals surface area contributed by atoms with Crippen LogP contribution in [0.2, 0.25) is 0 Å². The van der Waals surface area contributed by atoms with Gasteiger partial charge in [-0.1, -0.05) is 12.1 Å². The third-order valence-corrected chi connectivity index (χ3v) is 7.44. The summed E-state index contributed by atoms with van der Waals surface area (Å²) < 4.78 is 5.41. The lowest BCUT2D eigenvalue weighted by atomic mass is 10.1. The largest absolute Gasteiger partial charge is 0.444 e. The van der Waals surface area contributed by atoms with Crippen LogP contribution in [0.3, 0.4) is 0 Å². The van der Waals surface area contributed by atoms with Gasteiger partial charge in [-0.2, -0.15) is 5.26 Å². The number of carbonyl (C=O) groups excluding carboxylic acids is 3. The van der Waals surface area contributed by atoms with Crippen molar-refractivity contribution in [1.82, 2.24) is 15.1 Å². The second-order valence-corrected chi connectivity index (χ2v) is 11.1. The van der Waals surface area contributed by atoms with Gasteiger partial charge in [0.05, 0.1) is 24.7 Å². The summed E-state index contributed by atoms with van der Waals surface area (Å²) in [5, 5.41) is 12.3. The summed E-state index contributed by atoms with van der Waals surface area (Å²) in [6.07, 6.45) is 1.49. The molecule has 3 aliphatic heterocycles. The number of amides is 3. The molecule has 36 heavy (non-hydrogen) atoms. The number of anilines is 1. The molecule has 3 amide bonds. The maximum absolute atomic E-state index is 13.6. The first-order valence-corrected chi connectivity index (χ1v) is 12.4. The first-order valence-electron chi connectivity index (χ1n) is 12.4. The van der Waals surface area contributed by atoms with Crippen LogP contribution >= 0.6 is 0 Å². The van der Waals surface area contributed by atoms with Crippen molar-refractivity contribution in [2.45, 2.75) is 75.8 Å². The quantitative estimate of drug-likeness (QED) is 0.635. The lowest BCUT2D eigenvalue weighted by Gasteiger charge is -2.36. The predicted octanol–water partition coefficient (Wildman–Crippen LogP) is 2.43. The van der Waals surface area contributed by atoms with Crippen LogP contribution in [0.15, 0.2) is 24.3 Å². The van der Waals surface area contributed by atoms with Crippen LogP contribution in [0.25, 0.3) is 4.85 Å². The van der Waals surface area contributed by atoms with E-state index in [1.165, 1.54) is 0 Å². The number of rotatable bonds is 5. The summed E-state index contributed by atoms with van der Waals surface area (Å²) in [6, 6.07) is 7.39. The fraction of sp³-hybridized carbons (Fsp3) is 0.577. The summed E-state index contributed by atoms with van der Waals surface area (Å²) in [4.78, 5) is 48.3. The maximum Gasteiger partial charge on any atom is 0.408 e. The zero-order valence-electron chi connectivity index (χ0n) is 20.7. The lowest BCUT2D eigenvalue weighted by Crippen LogP contribution is -2.59. The number of piperazine rings is 1. The Bertz CT molecular complexity index is 1160.